The van der Waals surface area contributed by atoms with E-state index < -0.39 is 0 Å². The fraction of sp³-hybridized carbons (Fsp3) is 0.692. The summed E-state index contributed by atoms with van der Waals surface area (Å²) in [4.78, 5) is 1.46. The van der Waals surface area contributed by atoms with E-state index in [1.165, 1.54) is 27.9 Å². The van der Waals surface area contributed by atoms with E-state index in [2.05, 4.69) is 40.4 Å². The van der Waals surface area contributed by atoms with Gasteiger partial charge in [-0.05, 0) is 60.8 Å². The van der Waals surface area contributed by atoms with Gasteiger partial charge in [-0.2, -0.15) is 0 Å². The molecule has 94 valence electrons. The number of ether oxygens (including phenoxy) is 1. The van der Waals surface area contributed by atoms with Crippen molar-refractivity contribution >= 4 is 27.3 Å². The molecule has 17 heavy (non-hydrogen) atoms. The van der Waals surface area contributed by atoms with E-state index in [4.69, 9.17) is 4.74 Å². The normalized spacial score (nSPS) is 33.2. The summed E-state index contributed by atoms with van der Waals surface area (Å²) in [5.41, 5.74) is 0. The third kappa shape index (κ3) is 2.46. The number of hydrogen-bond donors (Lipinski definition) is 1. The van der Waals surface area contributed by atoms with Crippen molar-refractivity contribution in [3.63, 3.8) is 0 Å². The molecule has 2 bridgehead atoms. The van der Waals surface area contributed by atoms with Crippen LogP contribution in [0.1, 0.15) is 24.1 Å². The zero-order chi connectivity index (χ0) is 11.8. The van der Waals surface area contributed by atoms with Crippen LogP contribution in [0.2, 0.25) is 0 Å². The van der Waals surface area contributed by atoms with Gasteiger partial charge in [0, 0.05) is 16.8 Å². The van der Waals surface area contributed by atoms with Crippen molar-refractivity contribution in [3.8, 4) is 0 Å². The lowest BCUT2D eigenvalue weighted by Crippen LogP contribution is -2.40. The maximum Gasteiger partial charge on any atom is 0.0701 e. The van der Waals surface area contributed by atoms with Crippen LogP contribution >= 0.6 is 27.3 Å². The molecule has 2 aliphatic rings. The Labute approximate surface area is 115 Å². The van der Waals surface area contributed by atoms with Crippen molar-refractivity contribution in [2.45, 2.75) is 43.9 Å². The highest BCUT2D eigenvalue weighted by atomic mass is 79.9. The highest BCUT2D eigenvalue weighted by Crippen LogP contribution is 2.41. The summed E-state index contributed by atoms with van der Waals surface area (Å²) in [6, 6.07) is 4.94. The minimum Gasteiger partial charge on any atom is -0.375 e. The first kappa shape index (κ1) is 12.2. The fourth-order valence-corrected chi connectivity index (χ4v) is 4.79. The Balaban J connectivity index is 1.67. The van der Waals surface area contributed by atoms with Crippen LogP contribution in [-0.4, -0.2) is 25.3 Å². The molecule has 1 N–H and O–H groups in total. The standard InChI is InChI=1S/C13H18BrNOS/c1-15-11(7-9-3-5-13(14)17-9)10-6-8-2-4-12(10)16-8/h3,5,8,10-12,15H,2,4,6-7H2,1H3. The van der Waals surface area contributed by atoms with Crippen molar-refractivity contribution in [1.29, 1.82) is 0 Å². The molecular formula is C13H18BrNOS. The van der Waals surface area contributed by atoms with Gasteiger partial charge in [-0.1, -0.05) is 0 Å². The molecule has 4 unspecified atom stereocenters. The molecule has 2 saturated heterocycles. The number of hydrogen-bond acceptors (Lipinski definition) is 3. The first-order valence-electron chi connectivity index (χ1n) is 6.33. The molecule has 2 fully saturated rings. The largest absolute Gasteiger partial charge is 0.375 e. The van der Waals surface area contributed by atoms with Crippen molar-refractivity contribution in [1.82, 2.24) is 5.32 Å². The van der Waals surface area contributed by atoms with Crippen LogP contribution in [0, 0.1) is 5.92 Å². The molecule has 1 aromatic rings. The molecule has 0 radical (unpaired) electrons. The minimum absolute atomic E-state index is 0.515. The molecule has 4 atom stereocenters. The average molecular weight is 316 g/mol. The molecular weight excluding hydrogens is 298 g/mol. The second-order valence-corrected chi connectivity index (χ2v) is 7.63. The third-order valence-electron chi connectivity index (χ3n) is 4.09. The van der Waals surface area contributed by atoms with Crippen LogP contribution in [0.25, 0.3) is 0 Å². The fourth-order valence-electron chi connectivity index (χ4n) is 3.25. The number of likely N-dealkylation sites (N-methyl/N-ethyl adjacent to an activating group) is 1. The summed E-state index contributed by atoms with van der Waals surface area (Å²) in [6.45, 7) is 0. The second-order valence-electron chi connectivity index (χ2n) is 5.08. The number of halogens is 1. The SMILES string of the molecule is CNC(Cc1ccc(Br)s1)C1CC2CCC1O2. The first-order valence-corrected chi connectivity index (χ1v) is 7.94. The molecule has 0 spiro atoms. The summed E-state index contributed by atoms with van der Waals surface area (Å²) in [5.74, 6) is 0.708. The summed E-state index contributed by atoms with van der Waals surface area (Å²) in [5, 5.41) is 3.50. The smallest absolute Gasteiger partial charge is 0.0701 e. The Morgan fingerprint density at radius 2 is 2.41 bits per heavy atom. The van der Waals surface area contributed by atoms with E-state index in [0.29, 0.717) is 24.2 Å². The van der Waals surface area contributed by atoms with Crippen LogP contribution in [0.5, 0.6) is 0 Å². The lowest BCUT2D eigenvalue weighted by molar-refractivity contribution is 0.0864. The Morgan fingerprint density at radius 1 is 1.53 bits per heavy atom. The highest BCUT2D eigenvalue weighted by Gasteiger charge is 2.43. The predicted molar refractivity (Wildman–Crippen MR) is 74.6 cm³/mol. The van der Waals surface area contributed by atoms with Gasteiger partial charge in [0.1, 0.15) is 0 Å². The van der Waals surface area contributed by atoms with Crippen molar-refractivity contribution < 1.29 is 4.74 Å². The van der Waals surface area contributed by atoms with Gasteiger partial charge in [-0.3, -0.25) is 0 Å². The van der Waals surface area contributed by atoms with E-state index in [-0.39, 0.29) is 0 Å². The van der Waals surface area contributed by atoms with Crippen LogP contribution < -0.4 is 5.32 Å². The van der Waals surface area contributed by atoms with E-state index in [0.717, 1.165) is 6.42 Å². The molecule has 1 aromatic heterocycles. The summed E-state index contributed by atoms with van der Waals surface area (Å²) in [7, 11) is 2.08. The minimum atomic E-state index is 0.515. The third-order valence-corrected chi connectivity index (χ3v) is 5.74. The van der Waals surface area contributed by atoms with Gasteiger partial charge >= 0.3 is 0 Å². The van der Waals surface area contributed by atoms with Gasteiger partial charge in [0.15, 0.2) is 0 Å². The van der Waals surface area contributed by atoms with E-state index >= 15 is 0 Å². The lowest BCUT2D eigenvalue weighted by Gasteiger charge is -2.27. The second kappa shape index (κ2) is 5.00. The zero-order valence-electron chi connectivity index (χ0n) is 9.99. The number of thiophene rings is 1. The molecule has 4 heteroatoms. The maximum atomic E-state index is 5.96. The number of rotatable bonds is 4. The predicted octanol–water partition coefficient (Wildman–Crippen LogP) is 3.21. The van der Waals surface area contributed by atoms with E-state index in [9.17, 15) is 0 Å². The Morgan fingerprint density at radius 3 is 2.94 bits per heavy atom. The summed E-state index contributed by atoms with van der Waals surface area (Å²) in [6.07, 6.45) is 5.99. The summed E-state index contributed by atoms with van der Waals surface area (Å²) < 4.78 is 7.19. The molecule has 0 aliphatic carbocycles. The quantitative estimate of drug-likeness (QED) is 0.921. The van der Waals surface area contributed by atoms with E-state index in [1.807, 2.05) is 11.3 Å². The van der Waals surface area contributed by atoms with Crippen molar-refractivity contribution in [3.05, 3.63) is 20.8 Å². The van der Waals surface area contributed by atoms with Crippen LogP contribution in [-0.2, 0) is 11.2 Å². The maximum absolute atomic E-state index is 5.96. The Bertz CT molecular complexity index is 395. The molecule has 3 rings (SSSR count). The summed E-state index contributed by atoms with van der Waals surface area (Å²) >= 11 is 5.38. The molecule has 0 aromatic carbocycles. The molecule has 2 nitrogen and oxygen atoms in total. The van der Waals surface area contributed by atoms with E-state index in [1.54, 1.807) is 0 Å². The van der Waals surface area contributed by atoms with Crippen LogP contribution in [0.4, 0.5) is 0 Å². The Kier molecular flexibility index (Phi) is 3.57. The number of fused-ring (bicyclic) bond motifs is 2. The molecule has 2 aliphatic heterocycles. The van der Waals surface area contributed by atoms with Crippen molar-refractivity contribution in [2.75, 3.05) is 7.05 Å². The first-order chi connectivity index (χ1) is 8.26. The van der Waals surface area contributed by atoms with Crippen LogP contribution in [0.15, 0.2) is 15.9 Å². The van der Waals surface area contributed by atoms with Gasteiger partial charge in [0.05, 0.1) is 16.0 Å². The zero-order valence-corrected chi connectivity index (χ0v) is 12.4. The van der Waals surface area contributed by atoms with Gasteiger partial charge in [0.2, 0.25) is 0 Å². The molecule has 0 amide bonds. The molecule has 3 heterocycles. The van der Waals surface area contributed by atoms with Crippen molar-refractivity contribution in [2.24, 2.45) is 5.92 Å². The average Bonchev–Trinajstić information content (AvgIpc) is 3.01. The topological polar surface area (TPSA) is 21.3 Å². The van der Waals surface area contributed by atoms with Crippen LogP contribution in [0.3, 0.4) is 0 Å². The van der Waals surface area contributed by atoms with Gasteiger partial charge in [-0.25, -0.2) is 0 Å². The molecule has 0 saturated carbocycles. The monoisotopic (exact) mass is 315 g/mol. The lowest BCUT2D eigenvalue weighted by atomic mass is 9.82. The van der Waals surface area contributed by atoms with Gasteiger partial charge < -0.3 is 10.1 Å². The Hall–Kier alpha value is 0.1000. The van der Waals surface area contributed by atoms with Gasteiger partial charge in [0.25, 0.3) is 0 Å². The number of nitrogens with one attached hydrogen (secondary N) is 1. The van der Waals surface area contributed by atoms with Gasteiger partial charge in [-0.15, -0.1) is 11.3 Å². The highest BCUT2D eigenvalue weighted by molar-refractivity contribution is 9.11.